The zero-order valence-corrected chi connectivity index (χ0v) is 5.18. The second-order valence-electron chi connectivity index (χ2n) is 2.11. The van der Waals surface area contributed by atoms with Gasteiger partial charge in [-0.2, -0.15) is 0 Å². The average Bonchev–Trinajstić information content (AvgIpc) is 1.90. The number of amides is 1. The first-order chi connectivity index (χ1) is 4.30. The van der Waals surface area contributed by atoms with Crippen LogP contribution in [0.1, 0.15) is 0 Å². The van der Waals surface area contributed by atoms with Crippen molar-refractivity contribution in [3.05, 3.63) is 0 Å². The van der Waals surface area contributed by atoms with E-state index in [1.54, 1.807) is 0 Å². The Morgan fingerprint density at radius 2 is 2.33 bits per heavy atom. The highest BCUT2D eigenvalue weighted by molar-refractivity contribution is 5.80. The molecule has 1 rings (SSSR count). The summed E-state index contributed by atoms with van der Waals surface area (Å²) in [5.74, 6) is -0.276. The van der Waals surface area contributed by atoms with Gasteiger partial charge in [0.25, 0.3) is 0 Å². The molecule has 4 heteroatoms. The number of hydrogen-bond acceptors (Lipinski definition) is 3. The highest BCUT2D eigenvalue weighted by atomic mass is 16.1. The molecule has 0 aromatic rings. The van der Waals surface area contributed by atoms with Gasteiger partial charge < -0.3 is 16.4 Å². The van der Waals surface area contributed by atoms with E-state index in [-0.39, 0.29) is 11.9 Å². The van der Waals surface area contributed by atoms with Crippen molar-refractivity contribution >= 4 is 5.91 Å². The van der Waals surface area contributed by atoms with Crippen molar-refractivity contribution in [2.45, 2.75) is 6.04 Å². The van der Waals surface area contributed by atoms with Crippen LogP contribution in [0, 0.1) is 0 Å². The van der Waals surface area contributed by atoms with Crippen molar-refractivity contribution in [2.75, 3.05) is 19.6 Å². The summed E-state index contributed by atoms with van der Waals surface area (Å²) < 4.78 is 0. The number of rotatable bonds is 1. The minimum absolute atomic E-state index is 0.168. The van der Waals surface area contributed by atoms with Crippen LogP contribution in [0.5, 0.6) is 0 Å². The van der Waals surface area contributed by atoms with E-state index in [0.717, 1.165) is 13.1 Å². The van der Waals surface area contributed by atoms with E-state index in [4.69, 9.17) is 5.73 Å². The number of piperazine rings is 1. The molecule has 1 fully saturated rings. The van der Waals surface area contributed by atoms with Gasteiger partial charge in [0.2, 0.25) is 5.91 Å². The van der Waals surface area contributed by atoms with Crippen LogP contribution in [0.2, 0.25) is 0 Å². The average molecular weight is 129 g/mol. The zero-order valence-electron chi connectivity index (χ0n) is 5.18. The smallest absolute Gasteiger partial charge is 0.235 e. The van der Waals surface area contributed by atoms with E-state index in [9.17, 15) is 4.79 Å². The van der Waals surface area contributed by atoms with Gasteiger partial charge in [0.1, 0.15) is 0 Å². The Bertz CT molecular complexity index is 109. The summed E-state index contributed by atoms with van der Waals surface area (Å²) in [6.45, 7) is 2.41. The van der Waals surface area contributed by atoms with Crippen LogP contribution in [-0.2, 0) is 4.79 Å². The SMILES string of the molecule is NC(=O)[C@@H]1CNCCN1. The highest BCUT2D eigenvalue weighted by Crippen LogP contribution is 1.83. The maximum atomic E-state index is 10.5. The predicted molar refractivity (Wildman–Crippen MR) is 33.9 cm³/mol. The molecule has 0 saturated carbocycles. The number of hydrogen-bond donors (Lipinski definition) is 3. The summed E-state index contributed by atoms with van der Waals surface area (Å²) in [5.41, 5.74) is 5.03. The lowest BCUT2D eigenvalue weighted by atomic mass is 10.2. The molecular formula is C5H11N3O. The summed E-state index contributed by atoms with van der Waals surface area (Å²) in [6, 6.07) is -0.168. The molecule has 0 aromatic heterocycles. The largest absolute Gasteiger partial charge is 0.368 e. The maximum Gasteiger partial charge on any atom is 0.235 e. The fourth-order valence-electron chi connectivity index (χ4n) is 0.855. The Labute approximate surface area is 53.8 Å². The molecule has 1 atom stereocenters. The third-order valence-corrected chi connectivity index (χ3v) is 1.38. The van der Waals surface area contributed by atoms with Crippen molar-refractivity contribution in [3.8, 4) is 0 Å². The molecule has 0 bridgehead atoms. The molecule has 0 radical (unpaired) electrons. The standard InChI is InChI=1S/C5H11N3O/c6-5(9)4-3-7-1-2-8-4/h4,7-8H,1-3H2,(H2,6,9)/t4-/m0/s1. The predicted octanol–water partition coefficient (Wildman–Crippen LogP) is -1.97. The molecule has 1 aliphatic heterocycles. The van der Waals surface area contributed by atoms with Gasteiger partial charge in [-0.1, -0.05) is 0 Å². The molecule has 0 unspecified atom stereocenters. The van der Waals surface area contributed by atoms with Crippen LogP contribution >= 0.6 is 0 Å². The number of carbonyl (C=O) groups excluding carboxylic acids is 1. The Hall–Kier alpha value is -0.610. The molecule has 4 nitrogen and oxygen atoms in total. The molecule has 4 N–H and O–H groups in total. The number of nitrogens with one attached hydrogen (secondary N) is 2. The van der Waals surface area contributed by atoms with Gasteiger partial charge >= 0.3 is 0 Å². The Balaban J connectivity index is 2.31. The molecule has 0 aliphatic carbocycles. The highest BCUT2D eigenvalue weighted by Gasteiger charge is 2.16. The van der Waals surface area contributed by atoms with E-state index >= 15 is 0 Å². The van der Waals surface area contributed by atoms with Crippen LogP contribution in [0.3, 0.4) is 0 Å². The van der Waals surface area contributed by atoms with E-state index in [1.807, 2.05) is 0 Å². The topological polar surface area (TPSA) is 67.2 Å². The molecular weight excluding hydrogens is 118 g/mol. The zero-order chi connectivity index (χ0) is 6.69. The third kappa shape index (κ3) is 1.65. The second kappa shape index (κ2) is 2.80. The number of nitrogens with two attached hydrogens (primary N) is 1. The van der Waals surface area contributed by atoms with Crippen LogP contribution in [-0.4, -0.2) is 31.6 Å². The normalized spacial score (nSPS) is 27.8. The summed E-state index contributed by atoms with van der Waals surface area (Å²) in [7, 11) is 0. The number of carbonyl (C=O) groups is 1. The second-order valence-corrected chi connectivity index (χ2v) is 2.11. The van der Waals surface area contributed by atoms with Gasteiger partial charge in [-0.15, -0.1) is 0 Å². The van der Waals surface area contributed by atoms with Crippen LogP contribution in [0.4, 0.5) is 0 Å². The molecule has 0 spiro atoms. The molecule has 1 heterocycles. The molecule has 9 heavy (non-hydrogen) atoms. The van der Waals surface area contributed by atoms with Crippen LogP contribution in [0.25, 0.3) is 0 Å². The minimum Gasteiger partial charge on any atom is -0.368 e. The first-order valence-corrected chi connectivity index (χ1v) is 3.04. The molecule has 1 amide bonds. The Morgan fingerprint density at radius 3 is 2.67 bits per heavy atom. The lowest BCUT2D eigenvalue weighted by Gasteiger charge is -2.21. The van der Waals surface area contributed by atoms with Gasteiger partial charge in [-0.05, 0) is 0 Å². The summed E-state index contributed by atoms with van der Waals surface area (Å²) in [6.07, 6.45) is 0. The monoisotopic (exact) mass is 129 g/mol. The van der Waals surface area contributed by atoms with Crippen molar-refractivity contribution in [1.82, 2.24) is 10.6 Å². The van der Waals surface area contributed by atoms with E-state index in [2.05, 4.69) is 10.6 Å². The van der Waals surface area contributed by atoms with Crippen LogP contribution < -0.4 is 16.4 Å². The fourth-order valence-corrected chi connectivity index (χ4v) is 0.855. The number of primary amides is 1. The molecule has 52 valence electrons. The van der Waals surface area contributed by atoms with Gasteiger partial charge in [0.05, 0.1) is 6.04 Å². The minimum atomic E-state index is -0.276. The van der Waals surface area contributed by atoms with Crippen molar-refractivity contribution in [2.24, 2.45) is 5.73 Å². The third-order valence-electron chi connectivity index (χ3n) is 1.38. The fraction of sp³-hybridized carbons (Fsp3) is 0.800. The van der Waals surface area contributed by atoms with Crippen molar-refractivity contribution < 1.29 is 4.79 Å². The first kappa shape index (κ1) is 6.51. The maximum absolute atomic E-state index is 10.5. The van der Waals surface area contributed by atoms with Gasteiger partial charge in [-0.3, -0.25) is 4.79 Å². The van der Waals surface area contributed by atoms with E-state index < -0.39 is 0 Å². The molecule has 1 aliphatic rings. The Kier molecular flexibility index (Phi) is 2.02. The van der Waals surface area contributed by atoms with Crippen molar-refractivity contribution in [3.63, 3.8) is 0 Å². The first-order valence-electron chi connectivity index (χ1n) is 3.04. The van der Waals surface area contributed by atoms with E-state index in [1.165, 1.54) is 0 Å². The van der Waals surface area contributed by atoms with Gasteiger partial charge in [-0.25, -0.2) is 0 Å². The summed E-state index contributed by atoms with van der Waals surface area (Å²) >= 11 is 0. The lowest BCUT2D eigenvalue weighted by molar-refractivity contribution is -0.120. The van der Waals surface area contributed by atoms with Crippen LogP contribution in [0.15, 0.2) is 0 Å². The summed E-state index contributed by atoms with van der Waals surface area (Å²) in [4.78, 5) is 10.5. The van der Waals surface area contributed by atoms with Gasteiger partial charge in [0, 0.05) is 19.6 Å². The quantitative estimate of drug-likeness (QED) is 0.385. The Morgan fingerprint density at radius 1 is 1.56 bits per heavy atom. The molecule has 0 aromatic carbocycles. The van der Waals surface area contributed by atoms with E-state index in [0.29, 0.717) is 6.54 Å². The van der Waals surface area contributed by atoms with Crippen molar-refractivity contribution in [1.29, 1.82) is 0 Å². The van der Waals surface area contributed by atoms with Gasteiger partial charge in [0.15, 0.2) is 0 Å². The molecule has 1 saturated heterocycles. The lowest BCUT2D eigenvalue weighted by Crippen LogP contribution is -2.54. The summed E-state index contributed by atoms with van der Waals surface area (Å²) in [5, 5.41) is 6.03.